The van der Waals surface area contributed by atoms with Crippen molar-refractivity contribution in [1.29, 1.82) is 0 Å². The van der Waals surface area contributed by atoms with Gasteiger partial charge >= 0.3 is 0 Å². The third-order valence-electron chi connectivity index (χ3n) is 6.09. The van der Waals surface area contributed by atoms with Crippen LogP contribution in [0.5, 0.6) is 0 Å². The number of benzene rings is 3. The zero-order valence-corrected chi connectivity index (χ0v) is 20.9. The monoisotopic (exact) mass is 519 g/mol. The Balaban J connectivity index is 1.14. The highest BCUT2D eigenvalue weighted by Gasteiger charge is 2.09. The Kier molecular flexibility index (Phi) is 7.63. The molecule has 3 N–H and O–H groups in total. The maximum absolute atomic E-state index is 12.8. The van der Waals surface area contributed by atoms with Gasteiger partial charge in [-0.15, -0.1) is 0 Å². The molecule has 39 heavy (non-hydrogen) atoms. The fourth-order valence-corrected chi connectivity index (χ4v) is 4.08. The third kappa shape index (κ3) is 6.31. The molecule has 2 aromatic heterocycles. The first kappa shape index (κ1) is 25.3. The number of pyridine rings is 1. The predicted molar refractivity (Wildman–Crippen MR) is 150 cm³/mol. The van der Waals surface area contributed by atoms with Crippen LogP contribution in [0.1, 0.15) is 15.9 Å². The average Bonchev–Trinajstić information content (AvgIpc) is 2.98. The van der Waals surface area contributed by atoms with Gasteiger partial charge in [-0.05, 0) is 40.6 Å². The van der Waals surface area contributed by atoms with Crippen molar-refractivity contribution in [1.82, 2.24) is 20.3 Å². The molecule has 194 valence electrons. The number of nitro groups is 1. The molecule has 5 aromatic rings. The van der Waals surface area contributed by atoms with E-state index in [9.17, 15) is 14.9 Å². The molecule has 0 saturated heterocycles. The number of rotatable bonds is 10. The Labute approximate surface area is 224 Å². The molecule has 0 atom stereocenters. The minimum Gasteiger partial charge on any atom is -0.368 e. The number of fused-ring (bicyclic) bond motifs is 1. The minimum atomic E-state index is -0.488. The van der Waals surface area contributed by atoms with Crippen molar-refractivity contribution in [3.63, 3.8) is 0 Å². The summed E-state index contributed by atoms with van der Waals surface area (Å²) in [4.78, 5) is 35.8. The molecular formula is C29H25N7O3. The van der Waals surface area contributed by atoms with Crippen LogP contribution in [0.2, 0.25) is 0 Å². The Morgan fingerprint density at radius 1 is 0.846 bits per heavy atom. The SMILES string of the molecule is O=C(NCc1cccc2ccccc12)c1ccc(-c2ccnc(NCCNc3ccc([N+](=O)[O-])cn3)n2)cc1. The summed E-state index contributed by atoms with van der Waals surface area (Å²) in [5.74, 6) is 0.857. The molecule has 0 aliphatic carbocycles. The lowest BCUT2D eigenvalue weighted by Gasteiger charge is -2.10. The highest BCUT2D eigenvalue weighted by Crippen LogP contribution is 2.20. The summed E-state index contributed by atoms with van der Waals surface area (Å²) in [5, 5.41) is 22.2. The molecule has 0 unspecified atom stereocenters. The quantitative estimate of drug-likeness (QED) is 0.132. The minimum absolute atomic E-state index is 0.0570. The van der Waals surface area contributed by atoms with Gasteiger partial charge < -0.3 is 16.0 Å². The lowest BCUT2D eigenvalue weighted by Crippen LogP contribution is -2.22. The van der Waals surface area contributed by atoms with E-state index in [1.165, 1.54) is 12.3 Å². The van der Waals surface area contributed by atoms with E-state index in [0.29, 0.717) is 37.0 Å². The van der Waals surface area contributed by atoms with E-state index < -0.39 is 4.92 Å². The Hall–Kier alpha value is -5.38. The van der Waals surface area contributed by atoms with Crippen LogP contribution in [0, 0.1) is 10.1 Å². The molecule has 0 spiro atoms. The van der Waals surface area contributed by atoms with Crippen LogP contribution in [0.4, 0.5) is 17.5 Å². The fourth-order valence-electron chi connectivity index (χ4n) is 4.08. The number of hydrogen-bond acceptors (Lipinski definition) is 8. The normalized spacial score (nSPS) is 10.7. The van der Waals surface area contributed by atoms with Gasteiger partial charge in [0.1, 0.15) is 12.0 Å². The Morgan fingerprint density at radius 3 is 2.44 bits per heavy atom. The van der Waals surface area contributed by atoms with Crippen molar-refractivity contribution in [3.8, 4) is 11.3 Å². The van der Waals surface area contributed by atoms with Crippen molar-refractivity contribution in [2.45, 2.75) is 6.54 Å². The summed E-state index contributed by atoms with van der Waals surface area (Å²) in [6.45, 7) is 1.47. The largest absolute Gasteiger partial charge is 0.368 e. The van der Waals surface area contributed by atoms with Crippen molar-refractivity contribution in [2.24, 2.45) is 0 Å². The van der Waals surface area contributed by atoms with E-state index in [1.807, 2.05) is 36.4 Å². The maximum atomic E-state index is 12.8. The molecule has 10 heteroatoms. The number of carbonyl (C=O) groups is 1. The van der Waals surface area contributed by atoms with Gasteiger partial charge in [0.2, 0.25) is 5.95 Å². The van der Waals surface area contributed by atoms with Gasteiger partial charge in [-0.1, -0.05) is 54.6 Å². The van der Waals surface area contributed by atoms with Crippen LogP contribution in [0.3, 0.4) is 0 Å². The molecule has 0 radical (unpaired) electrons. The number of hydrogen-bond donors (Lipinski definition) is 3. The van der Waals surface area contributed by atoms with E-state index >= 15 is 0 Å². The summed E-state index contributed by atoms with van der Waals surface area (Å²) in [5.41, 5.74) is 3.16. The van der Waals surface area contributed by atoms with Gasteiger partial charge in [-0.3, -0.25) is 14.9 Å². The first-order valence-corrected chi connectivity index (χ1v) is 12.3. The maximum Gasteiger partial charge on any atom is 0.287 e. The van der Waals surface area contributed by atoms with E-state index in [4.69, 9.17) is 0 Å². The average molecular weight is 520 g/mol. The number of nitrogens with zero attached hydrogens (tertiary/aromatic N) is 4. The van der Waals surface area contributed by atoms with Gasteiger partial charge in [0, 0.05) is 43.0 Å². The summed E-state index contributed by atoms with van der Waals surface area (Å²) < 4.78 is 0. The molecule has 3 aromatic carbocycles. The summed E-state index contributed by atoms with van der Waals surface area (Å²) in [7, 11) is 0. The summed E-state index contributed by atoms with van der Waals surface area (Å²) in [6, 6.07) is 26.2. The van der Waals surface area contributed by atoms with Gasteiger partial charge in [0.15, 0.2) is 0 Å². The number of nitrogens with one attached hydrogen (secondary N) is 3. The van der Waals surface area contributed by atoms with Gasteiger partial charge in [-0.2, -0.15) is 0 Å². The third-order valence-corrected chi connectivity index (χ3v) is 6.09. The molecule has 10 nitrogen and oxygen atoms in total. The summed E-state index contributed by atoms with van der Waals surface area (Å²) in [6.07, 6.45) is 2.88. The lowest BCUT2D eigenvalue weighted by molar-refractivity contribution is -0.385. The van der Waals surface area contributed by atoms with E-state index in [-0.39, 0.29) is 11.6 Å². The van der Waals surface area contributed by atoms with Gasteiger partial charge in [0.25, 0.3) is 11.6 Å². The zero-order chi connectivity index (χ0) is 27.0. The first-order chi connectivity index (χ1) is 19.1. The fraction of sp³-hybridized carbons (Fsp3) is 0.103. The highest BCUT2D eigenvalue weighted by molar-refractivity contribution is 5.95. The zero-order valence-electron chi connectivity index (χ0n) is 20.9. The standard InChI is InChI=1S/C29H25N7O3/c37-28(34-18-23-6-3-5-20-4-1-2-7-25(20)23)22-10-8-21(9-11-22)26-14-15-31-29(35-26)32-17-16-30-27-13-12-24(19-33-27)36(38)39/h1-15,19H,16-18H2,(H,30,33)(H,34,37)(H,31,32,35). The number of aromatic nitrogens is 3. The number of carbonyl (C=O) groups excluding carboxylic acids is 1. The van der Waals surface area contributed by atoms with Crippen LogP contribution in [-0.4, -0.2) is 38.9 Å². The topological polar surface area (TPSA) is 135 Å². The van der Waals surface area contributed by atoms with Crippen LogP contribution in [-0.2, 0) is 6.54 Å². The first-order valence-electron chi connectivity index (χ1n) is 12.3. The number of anilines is 2. The number of amides is 1. The van der Waals surface area contributed by atoms with Crippen LogP contribution in [0.25, 0.3) is 22.0 Å². The molecule has 1 amide bonds. The summed E-state index contributed by atoms with van der Waals surface area (Å²) >= 11 is 0. The van der Waals surface area contributed by atoms with Crippen molar-refractivity contribution in [3.05, 3.63) is 119 Å². The van der Waals surface area contributed by atoms with Crippen molar-refractivity contribution < 1.29 is 9.72 Å². The Morgan fingerprint density at radius 2 is 1.64 bits per heavy atom. The highest BCUT2D eigenvalue weighted by atomic mass is 16.6. The second-order valence-corrected chi connectivity index (χ2v) is 8.68. The van der Waals surface area contributed by atoms with Crippen LogP contribution < -0.4 is 16.0 Å². The van der Waals surface area contributed by atoms with Crippen LogP contribution >= 0.6 is 0 Å². The predicted octanol–water partition coefficient (Wildman–Crippen LogP) is 5.05. The Bertz CT molecular complexity index is 1600. The molecule has 0 aliphatic rings. The van der Waals surface area contributed by atoms with Gasteiger partial charge in [0.05, 0.1) is 10.6 Å². The second kappa shape index (κ2) is 11.8. The lowest BCUT2D eigenvalue weighted by atomic mass is 10.0. The molecule has 0 fully saturated rings. The molecule has 0 aliphatic heterocycles. The smallest absolute Gasteiger partial charge is 0.287 e. The molecule has 0 bridgehead atoms. The second-order valence-electron chi connectivity index (χ2n) is 8.68. The van der Waals surface area contributed by atoms with E-state index in [0.717, 1.165) is 27.6 Å². The molecule has 0 saturated carbocycles. The van der Waals surface area contributed by atoms with E-state index in [2.05, 4.69) is 49.1 Å². The molecule has 2 heterocycles. The van der Waals surface area contributed by atoms with E-state index in [1.54, 1.807) is 30.5 Å². The van der Waals surface area contributed by atoms with Crippen LogP contribution in [0.15, 0.2) is 97.3 Å². The molecule has 5 rings (SSSR count). The van der Waals surface area contributed by atoms with Crippen molar-refractivity contribution >= 4 is 34.1 Å². The van der Waals surface area contributed by atoms with Crippen molar-refractivity contribution in [2.75, 3.05) is 23.7 Å². The van der Waals surface area contributed by atoms with Gasteiger partial charge in [-0.25, -0.2) is 15.0 Å². The molecular weight excluding hydrogens is 494 g/mol.